The minimum Gasteiger partial charge on any atom is -0.393 e. The molecule has 2 aliphatic rings. The zero-order valence-electron chi connectivity index (χ0n) is 16.0. The number of aliphatic hydroxyl groups is 2. The third kappa shape index (κ3) is 4.67. The van der Waals surface area contributed by atoms with Crippen LogP contribution >= 0.6 is 11.8 Å². The van der Waals surface area contributed by atoms with Crippen LogP contribution in [-0.2, 0) is 0 Å². The summed E-state index contributed by atoms with van der Waals surface area (Å²) in [5.74, 6) is 2.08. The molecule has 2 N–H and O–H groups in total. The second kappa shape index (κ2) is 7.66. The minimum absolute atomic E-state index is 0.107. The fourth-order valence-electron chi connectivity index (χ4n) is 4.69. The summed E-state index contributed by atoms with van der Waals surface area (Å²) in [6.07, 6.45) is 5.13. The molecule has 0 amide bonds. The normalized spacial score (nSPS) is 45.9. The first-order chi connectivity index (χ1) is 10.6. The van der Waals surface area contributed by atoms with Gasteiger partial charge in [0, 0.05) is 10.5 Å². The molecular formula is C20H38O2S. The average Bonchev–Trinajstić information content (AvgIpc) is 2.44. The number of hydrogen-bond acceptors (Lipinski definition) is 3. The van der Waals surface area contributed by atoms with Crippen LogP contribution < -0.4 is 0 Å². The van der Waals surface area contributed by atoms with E-state index in [1.165, 1.54) is 6.42 Å². The van der Waals surface area contributed by atoms with E-state index < -0.39 is 0 Å². The Bertz CT molecular complexity index is 378. The van der Waals surface area contributed by atoms with Gasteiger partial charge in [-0.15, -0.1) is 0 Å². The maximum Gasteiger partial charge on any atom is 0.0576 e. The largest absolute Gasteiger partial charge is 0.393 e. The Balaban J connectivity index is 2.05. The summed E-state index contributed by atoms with van der Waals surface area (Å²) in [5, 5.41) is 22.1. The molecular weight excluding hydrogens is 304 g/mol. The van der Waals surface area contributed by atoms with Gasteiger partial charge >= 0.3 is 0 Å². The highest BCUT2D eigenvalue weighted by Crippen LogP contribution is 2.48. The van der Waals surface area contributed by atoms with Crippen LogP contribution in [0.1, 0.15) is 73.6 Å². The zero-order chi connectivity index (χ0) is 17.4. The van der Waals surface area contributed by atoms with E-state index in [-0.39, 0.29) is 17.6 Å². The monoisotopic (exact) mass is 342 g/mol. The second-order valence-corrected chi connectivity index (χ2v) is 10.9. The Labute approximate surface area is 147 Å². The fourth-order valence-corrected chi connectivity index (χ4v) is 6.78. The predicted octanol–water partition coefficient (Wildman–Crippen LogP) is 4.73. The highest BCUT2D eigenvalue weighted by molar-refractivity contribution is 8.00. The Hall–Kier alpha value is 0.270. The first kappa shape index (κ1) is 19.6. The molecule has 3 heteroatoms. The molecule has 136 valence electrons. The summed E-state index contributed by atoms with van der Waals surface area (Å²) in [7, 11) is 0. The van der Waals surface area contributed by atoms with E-state index in [4.69, 9.17) is 0 Å². The molecule has 8 atom stereocenters. The lowest BCUT2D eigenvalue weighted by Gasteiger charge is -2.46. The first-order valence-electron chi connectivity index (χ1n) is 9.65. The maximum atomic E-state index is 10.5. The highest BCUT2D eigenvalue weighted by Gasteiger charge is 2.42. The number of hydrogen-bond donors (Lipinski definition) is 2. The van der Waals surface area contributed by atoms with Gasteiger partial charge in [-0.1, -0.05) is 48.0 Å². The summed E-state index contributed by atoms with van der Waals surface area (Å²) in [6, 6.07) is 0. The summed E-state index contributed by atoms with van der Waals surface area (Å²) >= 11 is 2.19. The van der Waals surface area contributed by atoms with Gasteiger partial charge in [-0.2, -0.15) is 11.8 Å². The Morgan fingerprint density at radius 3 is 2.09 bits per heavy atom. The summed E-state index contributed by atoms with van der Waals surface area (Å²) in [5.41, 5.74) is 0.179. The fraction of sp³-hybridized carbons (Fsp3) is 1.00. The van der Waals surface area contributed by atoms with Crippen LogP contribution in [0, 0.1) is 29.1 Å². The average molecular weight is 343 g/mol. The second-order valence-electron chi connectivity index (χ2n) is 9.39. The smallest absolute Gasteiger partial charge is 0.0576 e. The highest BCUT2D eigenvalue weighted by atomic mass is 32.2. The third-order valence-corrected chi connectivity index (χ3v) is 8.45. The molecule has 2 saturated carbocycles. The van der Waals surface area contributed by atoms with Gasteiger partial charge in [0.05, 0.1) is 12.2 Å². The van der Waals surface area contributed by atoms with Crippen molar-refractivity contribution in [2.75, 3.05) is 0 Å². The Kier molecular flexibility index (Phi) is 6.52. The van der Waals surface area contributed by atoms with E-state index in [0.29, 0.717) is 34.2 Å². The van der Waals surface area contributed by atoms with Crippen molar-refractivity contribution in [3.8, 4) is 0 Å². The molecule has 2 fully saturated rings. The van der Waals surface area contributed by atoms with Gasteiger partial charge < -0.3 is 10.2 Å². The van der Waals surface area contributed by atoms with Crippen molar-refractivity contribution >= 4 is 11.8 Å². The van der Waals surface area contributed by atoms with Crippen LogP contribution in [0.25, 0.3) is 0 Å². The molecule has 0 radical (unpaired) electrons. The van der Waals surface area contributed by atoms with Crippen LogP contribution in [0.2, 0.25) is 0 Å². The van der Waals surface area contributed by atoms with Crippen molar-refractivity contribution in [2.45, 2.75) is 96.4 Å². The summed E-state index contributed by atoms with van der Waals surface area (Å²) < 4.78 is 0. The van der Waals surface area contributed by atoms with Crippen molar-refractivity contribution in [1.82, 2.24) is 0 Å². The van der Waals surface area contributed by atoms with Gasteiger partial charge in [0.25, 0.3) is 0 Å². The van der Waals surface area contributed by atoms with Crippen LogP contribution in [0.5, 0.6) is 0 Å². The van der Waals surface area contributed by atoms with Crippen LogP contribution in [0.3, 0.4) is 0 Å². The van der Waals surface area contributed by atoms with E-state index in [9.17, 15) is 10.2 Å². The van der Waals surface area contributed by atoms with Crippen LogP contribution in [0.15, 0.2) is 0 Å². The van der Waals surface area contributed by atoms with Crippen molar-refractivity contribution in [3.63, 3.8) is 0 Å². The number of aliphatic hydroxyl groups excluding tert-OH is 2. The van der Waals surface area contributed by atoms with Gasteiger partial charge in [-0.25, -0.2) is 0 Å². The van der Waals surface area contributed by atoms with Crippen molar-refractivity contribution in [1.29, 1.82) is 0 Å². The molecule has 2 aliphatic carbocycles. The van der Waals surface area contributed by atoms with E-state index in [1.807, 2.05) is 0 Å². The van der Waals surface area contributed by atoms with Gasteiger partial charge in [-0.3, -0.25) is 0 Å². The van der Waals surface area contributed by atoms with Crippen molar-refractivity contribution in [3.05, 3.63) is 0 Å². The van der Waals surface area contributed by atoms with E-state index in [0.717, 1.165) is 25.7 Å². The predicted molar refractivity (Wildman–Crippen MR) is 101 cm³/mol. The molecule has 0 aliphatic heterocycles. The molecule has 0 aromatic carbocycles. The molecule has 0 heterocycles. The third-order valence-electron chi connectivity index (χ3n) is 6.52. The molecule has 8 unspecified atom stereocenters. The van der Waals surface area contributed by atoms with Crippen molar-refractivity contribution < 1.29 is 10.2 Å². The number of thioether (sulfide) groups is 1. The summed E-state index contributed by atoms with van der Waals surface area (Å²) in [4.78, 5) is 0. The van der Waals surface area contributed by atoms with Crippen LogP contribution in [-0.4, -0.2) is 32.9 Å². The lowest BCUT2D eigenvalue weighted by atomic mass is 9.68. The zero-order valence-corrected chi connectivity index (χ0v) is 16.8. The standard InChI is InChI=1S/C20H38O2S/c1-7-14-10-16(21)12(2)9-19(14)23-18-11-15(20(4,5)6)17(22)8-13(18)3/h12-19,21-22H,7-11H2,1-6H3. The molecule has 0 spiro atoms. The Morgan fingerprint density at radius 1 is 0.870 bits per heavy atom. The SMILES string of the molecule is CCC1CC(O)C(C)CC1SC1CC(C(C)(C)C)C(O)CC1C. The summed E-state index contributed by atoms with van der Waals surface area (Å²) in [6.45, 7) is 13.6. The van der Waals surface area contributed by atoms with Gasteiger partial charge in [0.2, 0.25) is 0 Å². The minimum atomic E-state index is -0.143. The molecule has 0 aromatic heterocycles. The first-order valence-corrected chi connectivity index (χ1v) is 10.6. The van der Waals surface area contributed by atoms with E-state index in [1.54, 1.807) is 0 Å². The molecule has 0 bridgehead atoms. The number of rotatable bonds is 3. The molecule has 0 saturated heterocycles. The van der Waals surface area contributed by atoms with Crippen LogP contribution in [0.4, 0.5) is 0 Å². The lowest BCUT2D eigenvalue weighted by Crippen LogP contribution is -2.44. The van der Waals surface area contributed by atoms with Gasteiger partial charge in [0.1, 0.15) is 0 Å². The molecule has 23 heavy (non-hydrogen) atoms. The lowest BCUT2D eigenvalue weighted by molar-refractivity contribution is -0.00314. The Morgan fingerprint density at radius 2 is 1.52 bits per heavy atom. The molecule has 2 rings (SSSR count). The topological polar surface area (TPSA) is 40.5 Å². The van der Waals surface area contributed by atoms with Gasteiger partial charge in [-0.05, 0) is 54.8 Å². The van der Waals surface area contributed by atoms with Crippen molar-refractivity contribution in [2.24, 2.45) is 29.1 Å². The van der Waals surface area contributed by atoms with Gasteiger partial charge in [0.15, 0.2) is 0 Å². The quantitative estimate of drug-likeness (QED) is 0.779. The van der Waals surface area contributed by atoms with E-state index in [2.05, 4.69) is 53.3 Å². The van der Waals surface area contributed by atoms with E-state index >= 15 is 0 Å². The molecule has 2 nitrogen and oxygen atoms in total. The maximum absolute atomic E-state index is 10.5. The molecule has 0 aromatic rings.